The Morgan fingerprint density at radius 3 is 2.24 bits per heavy atom. The van der Waals surface area contributed by atoms with E-state index in [-0.39, 0.29) is 11.0 Å². The van der Waals surface area contributed by atoms with Crippen LogP contribution >= 0.6 is 0 Å². The third-order valence-corrected chi connectivity index (χ3v) is 4.05. The Kier molecular flexibility index (Phi) is 5.23. The molecule has 0 spiro atoms. The molecule has 126 valence electrons. The van der Waals surface area contributed by atoms with E-state index in [1.54, 1.807) is 18.2 Å². The molecule has 1 atom stereocenters. The van der Waals surface area contributed by atoms with Gasteiger partial charge in [-0.05, 0) is 30.2 Å². The molecular formula is C21H20N2O2. The summed E-state index contributed by atoms with van der Waals surface area (Å²) >= 11 is 0. The summed E-state index contributed by atoms with van der Waals surface area (Å²) in [7, 11) is 0. The first-order valence-corrected chi connectivity index (χ1v) is 8.28. The molecule has 1 unspecified atom stereocenters. The molecule has 0 radical (unpaired) electrons. The first-order valence-electron chi connectivity index (χ1n) is 8.28. The Bertz CT molecular complexity index is 848. The van der Waals surface area contributed by atoms with Crippen LogP contribution in [0.1, 0.15) is 28.4 Å². The second-order valence-electron chi connectivity index (χ2n) is 5.75. The van der Waals surface area contributed by atoms with Gasteiger partial charge in [-0.2, -0.15) is 0 Å². The Morgan fingerprint density at radius 1 is 0.960 bits per heavy atom. The van der Waals surface area contributed by atoms with Crippen molar-refractivity contribution in [1.29, 1.82) is 0 Å². The number of carbonyl (C=O) groups excluding carboxylic acids is 1. The monoisotopic (exact) mass is 332 g/mol. The van der Waals surface area contributed by atoms with Crippen LogP contribution in [-0.4, -0.2) is 5.78 Å². The zero-order valence-corrected chi connectivity index (χ0v) is 14.0. The lowest BCUT2D eigenvalue weighted by Crippen LogP contribution is -3.06. The largest absolute Gasteiger partial charge is 0.603 e. The number of benzene rings is 3. The smallest absolute Gasteiger partial charge is 0.199 e. The molecule has 0 aliphatic carbocycles. The summed E-state index contributed by atoms with van der Waals surface area (Å²) in [6.07, 6.45) is 0.801. The minimum absolute atomic E-state index is 0.144. The summed E-state index contributed by atoms with van der Waals surface area (Å²) in [5, 5.41) is 12.4. The summed E-state index contributed by atoms with van der Waals surface area (Å²) in [5.74, 6) is -0.144. The number of carbonyl (C=O) groups is 1. The third-order valence-electron chi connectivity index (χ3n) is 4.05. The molecule has 0 saturated heterocycles. The van der Waals surface area contributed by atoms with Crippen molar-refractivity contribution >= 4 is 17.2 Å². The van der Waals surface area contributed by atoms with Crippen molar-refractivity contribution in [2.75, 3.05) is 5.43 Å². The van der Waals surface area contributed by atoms with Crippen molar-refractivity contribution in [3.8, 4) is 0 Å². The van der Waals surface area contributed by atoms with E-state index in [4.69, 9.17) is 0 Å². The minimum Gasteiger partial charge on any atom is -0.603 e. The molecule has 3 rings (SSSR count). The van der Waals surface area contributed by atoms with Crippen molar-refractivity contribution < 1.29 is 9.97 Å². The topological polar surface area (TPSA) is 56.6 Å². The van der Waals surface area contributed by atoms with Gasteiger partial charge < -0.3 is 5.21 Å². The molecule has 3 aromatic carbocycles. The van der Waals surface area contributed by atoms with Crippen LogP contribution in [0.25, 0.3) is 0 Å². The highest BCUT2D eigenvalue weighted by Crippen LogP contribution is 2.19. The van der Waals surface area contributed by atoms with Gasteiger partial charge in [0.25, 0.3) is 0 Å². The molecule has 0 aliphatic rings. The van der Waals surface area contributed by atoms with Crippen LogP contribution < -0.4 is 10.6 Å². The Balaban J connectivity index is 1.97. The Labute approximate surface area is 147 Å². The van der Waals surface area contributed by atoms with E-state index in [1.165, 1.54) is 0 Å². The van der Waals surface area contributed by atoms with Gasteiger partial charge in [0.15, 0.2) is 11.5 Å². The van der Waals surface area contributed by atoms with Crippen LogP contribution in [0.3, 0.4) is 0 Å². The Morgan fingerprint density at radius 2 is 1.60 bits per heavy atom. The normalized spacial score (nSPS) is 11.8. The van der Waals surface area contributed by atoms with E-state index >= 15 is 0 Å². The number of hydrogen-bond donors (Lipinski definition) is 2. The molecule has 0 amide bonds. The number of para-hydroxylation sites is 1. The first-order chi connectivity index (χ1) is 12.2. The highest BCUT2D eigenvalue weighted by molar-refractivity contribution is 6.11. The maximum absolute atomic E-state index is 12.9. The highest BCUT2D eigenvalue weighted by atomic mass is 16.5. The number of anilines is 1. The summed E-state index contributed by atoms with van der Waals surface area (Å²) in [6, 6.07) is 23.7. The van der Waals surface area contributed by atoms with E-state index in [1.807, 2.05) is 67.6 Å². The average molecular weight is 332 g/mol. The zero-order chi connectivity index (χ0) is 17.6. The number of aryl methyl sites for hydroxylation is 1. The minimum atomic E-state index is -0.284. The summed E-state index contributed by atoms with van der Waals surface area (Å²) in [4.78, 5) is 12.9. The fourth-order valence-electron chi connectivity index (χ4n) is 2.66. The molecule has 4 nitrogen and oxygen atoms in total. The summed E-state index contributed by atoms with van der Waals surface area (Å²) in [6.45, 7) is 2.02. The van der Waals surface area contributed by atoms with Crippen LogP contribution in [0.15, 0.2) is 78.9 Å². The van der Waals surface area contributed by atoms with Gasteiger partial charge in [0.2, 0.25) is 0 Å². The van der Waals surface area contributed by atoms with Gasteiger partial charge in [0.1, 0.15) is 0 Å². The van der Waals surface area contributed by atoms with Gasteiger partial charge in [-0.15, -0.1) is 0 Å². The Hall–Kier alpha value is -2.95. The maximum Gasteiger partial charge on any atom is 0.199 e. The maximum atomic E-state index is 12.9. The molecule has 0 bridgehead atoms. The second kappa shape index (κ2) is 7.75. The molecular weight excluding hydrogens is 312 g/mol. The molecule has 0 aromatic heterocycles. The zero-order valence-electron chi connectivity index (χ0n) is 14.0. The van der Waals surface area contributed by atoms with Crippen molar-refractivity contribution in [2.45, 2.75) is 13.3 Å². The van der Waals surface area contributed by atoms with Gasteiger partial charge in [-0.3, -0.25) is 4.79 Å². The lowest BCUT2D eigenvalue weighted by Gasteiger charge is -2.24. The molecule has 0 saturated carbocycles. The predicted molar refractivity (Wildman–Crippen MR) is 99.7 cm³/mol. The standard InChI is InChI=1S/C21H20N2O2/c1-2-16-13-14-20(23(25)22-18-11-7-4-8-12-18)19(15-16)21(24)17-9-5-3-6-10-17/h3-15,22-23H,2H2,1H3. The van der Waals surface area contributed by atoms with E-state index in [9.17, 15) is 10.0 Å². The number of rotatable bonds is 6. The molecule has 0 fully saturated rings. The van der Waals surface area contributed by atoms with Crippen LogP contribution in [0, 0.1) is 5.21 Å². The highest BCUT2D eigenvalue weighted by Gasteiger charge is 2.19. The first kappa shape index (κ1) is 16.9. The molecule has 4 heteroatoms. The molecule has 2 N–H and O–H groups in total. The van der Waals surface area contributed by atoms with Gasteiger partial charge in [0, 0.05) is 11.6 Å². The summed E-state index contributed by atoms with van der Waals surface area (Å²) < 4.78 is 0. The van der Waals surface area contributed by atoms with E-state index < -0.39 is 0 Å². The SMILES string of the molecule is CCc1ccc([NH+]([O-])Nc2ccccc2)c(C(=O)c2ccccc2)c1. The van der Waals surface area contributed by atoms with Gasteiger partial charge in [-0.1, -0.05) is 61.5 Å². The van der Waals surface area contributed by atoms with Crippen molar-refractivity contribution in [3.05, 3.63) is 101 Å². The lowest BCUT2D eigenvalue weighted by atomic mass is 9.98. The van der Waals surface area contributed by atoms with Crippen LogP contribution in [0.2, 0.25) is 0 Å². The van der Waals surface area contributed by atoms with Gasteiger partial charge >= 0.3 is 0 Å². The van der Waals surface area contributed by atoms with Crippen LogP contribution in [0.4, 0.5) is 11.4 Å². The number of hydrogen-bond acceptors (Lipinski definition) is 3. The van der Waals surface area contributed by atoms with Crippen LogP contribution in [-0.2, 0) is 6.42 Å². The summed E-state index contributed by atoms with van der Waals surface area (Å²) in [5.41, 5.74) is 5.96. The van der Waals surface area contributed by atoms with Crippen molar-refractivity contribution in [1.82, 2.24) is 0 Å². The van der Waals surface area contributed by atoms with Crippen molar-refractivity contribution in [2.24, 2.45) is 0 Å². The fraction of sp³-hybridized carbons (Fsp3) is 0.0952. The third kappa shape index (κ3) is 3.94. The number of nitrogens with one attached hydrogen (secondary N) is 2. The van der Waals surface area contributed by atoms with E-state index in [0.29, 0.717) is 22.5 Å². The van der Waals surface area contributed by atoms with E-state index in [2.05, 4.69) is 5.43 Å². The molecule has 0 heterocycles. The molecule has 3 aromatic rings. The van der Waals surface area contributed by atoms with E-state index in [0.717, 1.165) is 12.0 Å². The quantitative estimate of drug-likeness (QED) is 0.536. The fourth-order valence-corrected chi connectivity index (χ4v) is 2.66. The predicted octanol–water partition coefficient (Wildman–Crippen LogP) is 3.52. The average Bonchev–Trinajstić information content (AvgIpc) is 2.68. The van der Waals surface area contributed by atoms with Crippen LogP contribution in [0.5, 0.6) is 0 Å². The lowest BCUT2D eigenvalue weighted by molar-refractivity contribution is -0.749. The number of ketones is 1. The molecule has 0 aliphatic heterocycles. The number of quaternary nitrogens is 1. The van der Waals surface area contributed by atoms with Gasteiger partial charge in [-0.25, -0.2) is 10.6 Å². The molecule has 25 heavy (non-hydrogen) atoms. The second-order valence-corrected chi connectivity index (χ2v) is 5.75. The van der Waals surface area contributed by atoms with Gasteiger partial charge in [0.05, 0.1) is 11.3 Å². The van der Waals surface area contributed by atoms with Crippen molar-refractivity contribution in [3.63, 3.8) is 0 Å².